The summed E-state index contributed by atoms with van der Waals surface area (Å²) in [6.07, 6.45) is 0. The molecule has 13 rings (SSSR count). The average Bonchev–Trinajstić information content (AvgIpc) is 3.91. The van der Waals surface area contributed by atoms with Crippen LogP contribution < -0.4 is 4.90 Å². The molecule has 0 radical (unpaired) electrons. The first-order valence-corrected chi connectivity index (χ1v) is 23.3. The zero-order valence-electron chi connectivity index (χ0n) is 37.7. The van der Waals surface area contributed by atoms with E-state index in [2.05, 4.69) is 256 Å². The van der Waals surface area contributed by atoms with Crippen LogP contribution in [-0.4, -0.2) is 4.57 Å². The summed E-state index contributed by atoms with van der Waals surface area (Å²) in [5, 5.41) is 4.98. The van der Waals surface area contributed by atoms with Crippen molar-refractivity contribution in [2.24, 2.45) is 0 Å². The van der Waals surface area contributed by atoms with Gasteiger partial charge in [-0.3, -0.25) is 0 Å². The van der Waals surface area contributed by atoms with E-state index in [9.17, 15) is 0 Å². The number of hydrogen-bond donors (Lipinski definition) is 0. The molecular weight excluding hydrogens is 797 g/mol. The topological polar surface area (TPSA) is 8.17 Å². The number of anilines is 3. The molecule has 0 bridgehead atoms. The summed E-state index contributed by atoms with van der Waals surface area (Å²) in [4.78, 5) is 2.49. The van der Waals surface area contributed by atoms with Gasteiger partial charge in [-0.15, -0.1) is 0 Å². The van der Waals surface area contributed by atoms with Crippen molar-refractivity contribution in [2.45, 2.75) is 38.5 Å². The summed E-state index contributed by atoms with van der Waals surface area (Å²) in [7, 11) is 0. The molecule has 10 aromatic carbocycles. The molecule has 1 heterocycles. The molecule has 0 saturated carbocycles. The molecule has 0 amide bonds. The number of rotatable bonds is 6. The van der Waals surface area contributed by atoms with Crippen LogP contribution in [0, 0.1) is 0 Å². The van der Waals surface area contributed by atoms with E-state index in [1.54, 1.807) is 0 Å². The van der Waals surface area contributed by atoms with Crippen molar-refractivity contribution in [3.8, 4) is 50.2 Å². The fraction of sp³-hybridized carbons (Fsp3) is 0.0938. The van der Waals surface area contributed by atoms with E-state index in [1.165, 1.54) is 111 Å². The third-order valence-corrected chi connectivity index (χ3v) is 14.9. The maximum atomic E-state index is 2.49. The number of hydrogen-bond acceptors (Lipinski definition) is 1. The lowest BCUT2D eigenvalue weighted by atomic mass is 9.79. The highest BCUT2D eigenvalue weighted by Gasteiger charge is 2.39. The molecule has 0 aliphatic heterocycles. The van der Waals surface area contributed by atoms with Gasteiger partial charge in [0.15, 0.2) is 0 Å². The van der Waals surface area contributed by atoms with Gasteiger partial charge < -0.3 is 9.47 Å². The van der Waals surface area contributed by atoms with Crippen molar-refractivity contribution >= 4 is 49.6 Å². The van der Waals surface area contributed by atoms with E-state index >= 15 is 0 Å². The van der Waals surface area contributed by atoms with E-state index in [0.717, 1.165) is 11.4 Å². The largest absolute Gasteiger partial charge is 0.310 e. The highest BCUT2D eigenvalue weighted by atomic mass is 15.1. The Morgan fingerprint density at radius 2 is 0.818 bits per heavy atom. The Morgan fingerprint density at radius 1 is 0.348 bits per heavy atom. The van der Waals surface area contributed by atoms with Crippen LogP contribution in [-0.2, 0) is 10.8 Å². The molecule has 2 nitrogen and oxygen atoms in total. The molecule has 11 aromatic rings. The molecule has 2 aliphatic rings. The highest BCUT2D eigenvalue weighted by Crippen LogP contribution is 2.55. The Labute approximate surface area is 386 Å². The lowest BCUT2D eigenvalue weighted by Gasteiger charge is -2.32. The van der Waals surface area contributed by atoms with Gasteiger partial charge in [-0.25, -0.2) is 0 Å². The van der Waals surface area contributed by atoms with Gasteiger partial charge in [-0.2, -0.15) is 0 Å². The third kappa shape index (κ3) is 5.55. The Kier molecular flexibility index (Phi) is 8.33. The van der Waals surface area contributed by atoms with Gasteiger partial charge in [0, 0.05) is 38.4 Å². The fourth-order valence-electron chi connectivity index (χ4n) is 11.9. The molecule has 66 heavy (non-hydrogen) atoms. The average molecular weight is 845 g/mol. The minimum atomic E-state index is -0.194. The molecule has 0 atom stereocenters. The summed E-state index contributed by atoms with van der Waals surface area (Å²) in [6, 6.07) is 81.2. The van der Waals surface area contributed by atoms with Gasteiger partial charge >= 0.3 is 0 Å². The number of nitrogens with zero attached hydrogens (tertiary/aromatic N) is 2. The second-order valence-electron chi connectivity index (χ2n) is 19.3. The van der Waals surface area contributed by atoms with Crippen LogP contribution in [0.25, 0.3) is 82.8 Å². The Bertz CT molecular complexity index is 3700. The molecule has 0 spiro atoms. The Balaban J connectivity index is 0.958. The van der Waals surface area contributed by atoms with Crippen molar-refractivity contribution in [2.75, 3.05) is 4.90 Å². The van der Waals surface area contributed by atoms with Crippen LogP contribution in [0.15, 0.2) is 218 Å². The van der Waals surface area contributed by atoms with Crippen molar-refractivity contribution in [3.63, 3.8) is 0 Å². The number of aromatic nitrogens is 1. The predicted molar refractivity (Wildman–Crippen MR) is 279 cm³/mol. The van der Waals surface area contributed by atoms with Crippen LogP contribution in [0.5, 0.6) is 0 Å². The Hall–Kier alpha value is -7.94. The molecule has 1 aromatic heterocycles. The molecular formula is C64H48N2. The predicted octanol–water partition coefficient (Wildman–Crippen LogP) is 17.4. The van der Waals surface area contributed by atoms with Crippen molar-refractivity contribution < 1.29 is 0 Å². The van der Waals surface area contributed by atoms with Crippen LogP contribution >= 0.6 is 0 Å². The second-order valence-corrected chi connectivity index (χ2v) is 19.3. The minimum absolute atomic E-state index is 0.102. The van der Waals surface area contributed by atoms with Crippen molar-refractivity contribution in [1.82, 2.24) is 4.57 Å². The number of fused-ring (bicyclic) bond motifs is 10. The molecule has 2 heteroatoms. The van der Waals surface area contributed by atoms with E-state index in [0.29, 0.717) is 0 Å². The number of para-hydroxylation sites is 2. The molecule has 314 valence electrons. The fourth-order valence-corrected chi connectivity index (χ4v) is 11.9. The lowest BCUT2D eigenvalue weighted by molar-refractivity contribution is 0.661. The zero-order valence-corrected chi connectivity index (χ0v) is 37.7. The zero-order chi connectivity index (χ0) is 44.3. The minimum Gasteiger partial charge on any atom is -0.310 e. The van der Waals surface area contributed by atoms with Gasteiger partial charge in [0.1, 0.15) is 0 Å². The van der Waals surface area contributed by atoms with Gasteiger partial charge in [0.05, 0.1) is 22.4 Å². The Morgan fingerprint density at radius 3 is 1.45 bits per heavy atom. The van der Waals surface area contributed by atoms with E-state index in [1.807, 2.05) is 0 Å². The quantitative estimate of drug-likeness (QED) is 0.162. The van der Waals surface area contributed by atoms with Gasteiger partial charge in [-0.05, 0) is 127 Å². The summed E-state index contributed by atoms with van der Waals surface area (Å²) in [6.45, 7) is 9.52. The highest BCUT2D eigenvalue weighted by molar-refractivity contribution is 6.11. The normalized spacial score (nSPS) is 14.0. The van der Waals surface area contributed by atoms with Crippen LogP contribution in [0.4, 0.5) is 17.1 Å². The number of benzene rings is 10. The van der Waals surface area contributed by atoms with E-state index in [-0.39, 0.29) is 10.8 Å². The van der Waals surface area contributed by atoms with Crippen LogP contribution in [0.2, 0.25) is 0 Å². The first-order chi connectivity index (χ1) is 32.3. The van der Waals surface area contributed by atoms with Crippen molar-refractivity contribution in [3.05, 3.63) is 241 Å². The monoisotopic (exact) mass is 844 g/mol. The van der Waals surface area contributed by atoms with Gasteiger partial charge in [0.2, 0.25) is 0 Å². The van der Waals surface area contributed by atoms with Crippen molar-refractivity contribution in [1.29, 1.82) is 0 Å². The summed E-state index contributed by atoms with van der Waals surface area (Å²) in [5.74, 6) is 0. The standard InChI is InChI=1S/C64H48N2/c1-63(2)55-26-11-7-19-49(55)53-24-15-23-48(61(53)63)42-33-37-46(38-34-42)65(59-30-16-25-54-50-20-8-12-27-56(50)64(3,4)62(54)59)45-35-31-41(32-36-45)44-39-43-17-5-6-18-47(43)60(40-44)66-57-28-13-9-21-51(57)52-22-10-14-29-58(52)66/h5-40H,1-4H3. The van der Waals surface area contributed by atoms with Crippen LogP contribution in [0.1, 0.15) is 49.9 Å². The molecule has 0 fully saturated rings. The van der Waals surface area contributed by atoms with E-state index < -0.39 is 0 Å². The second kappa shape index (κ2) is 14.3. The summed E-state index contributed by atoms with van der Waals surface area (Å²) < 4.78 is 2.45. The molecule has 2 aliphatic carbocycles. The summed E-state index contributed by atoms with van der Waals surface area (Å²) >= 11 is 0. The maximum absolute atomic E-state index is 2.49. The maximum Gasteiger partial charge on any atom is 0.0546 e. The lowest BCUT2D eigenvalue weighted by Crippen LogP contribution is -2.20. The smallest absolute Gasteiger partial charge is 0.0546 e. The SMILES string of the molecule is CC1(C)c2ccccc2-c2cccc(-c3ccc(N(c4ccc(-c5cc(-n6c7ccccc7c7ccccc76)c6ccccc6c5)cc4)c4cccc5c4C(C)(C)c4ccccc4-5)cc3)c21. The first-order valence-electron chi connectivity index (χ1n) is 23.3. The summed E-state index contributed by atoms with van der Waals surface area (Å²) in [5.41, 5.74) is 22.5. The molecule has 0 saturated heterocycles. The van der Waals surface area contributed by atoms with Gasteiger partial charge in [0.25, 0.3) is 0 Å². The van der Waals surface area contributed by atoms with E-state index in [4.69, 9.17) is 0 Å². The molecule has 0 N–H and O–H groups in total. The third-order valence-electron chi connectivity index (χ3n) is 14.9. The van der Waals surface area contributed by atoms with Gasteiger partial charge in [-0.1, -0.05) is 191 Å². The first kappa shape index (κ1) is 38.5. The van der Waals surface area contributed by atoms with Crippen LogP contribution in [0.3, 0.4) is 0 Å². The molecule has 0 unspecified atom stereocenters.